The minimum atomic E-state index is -0.445. The first kappa shape index (κ1) is 19.5. The average molecular weight is 389 g/mol. The van der Waals surface area contributed by atoms with Gasteiger partial charge in [0.1, 0.15) is 5.75 Å². The number of benzene rings is 2. The quantitative estimate of drug-likeness (QED) is 0.664. The maximum absolute atomic E-state index is 13.5. The number of ether oxygens (including phenoxy) is 2. The monoisotopic (exact) mass is 389 g/mol. The van der Waals surface area contributed by atoms with Gasteiger partial charge >= 0.3 is 0 Å². The maximum Gasteiger partial charge on any atom is 0.260 e. The van der Waals surface area contributed by atoms with Gasteiger partial charge in [0.25, 0.3) is 5.91 Å². The van der Waals surface area contributed by atoms with Gasteiger partial charge in [0.05, 0.1) is 7.11 Å². The highest BCUT2D eigenvalue weighted by Crippen LogP contribution is 2.28. The molecule has 0 N–H and O–H groups in total. The van der Waals surface area contributed by atoms with Gasteiger partial charge < -0.3 is 14.4 Å². The van der Waals surface area contributed by atoms with Crippen molar-refractivity contribution in [3.05, 3.63) is 54.3 Å². The number of para-hydroxylation sites is 1. The van der Waals surface area contributed by atoms with E-state index in [0.717, 1.165) is 37.4 Å². The molecule has 1 fully saturated rings. The van der Waals surface area contributed by atoms with Crippen molar-refractivity contribution < 1.29 is 18.7 Å². The molecule has 0 spiro atoms. The molecule has 0 radical (unpaired) electrons. The molecule has 6 heteroatoms. The summed E-state index contributed by atoms with van der Waals surface area (Å²) in [6, 6.07) is 14.2. The number of amides is 1. The van der Waals surface area contributed by atoms with E-state index in [4.69, 9.17) is 9.47 Å². The van der Waals surface area contributed by atoms with Gasteiger partial charge in [-0.25, -0.2) is 4.39 Å². The van der Waals surface area contributed by atoms with Crippen LogP contribution < -0.4 is 9.47 Å². The van der Waals surface area contributed by atoms with Crippen molar-refractivity contribution in [2.75, 3.05) is 32.6 Å². The zero-order chi connectivity index (χ0) is 19.1. The summed E-state index contributed by atoms with van der Waals surface area (Å²) in [6.45, 7) is 1.34. The molecule has 0 unspecified atom stereocenters. The van der Waals surface area contributed by atoms with Crippen LogP contribution in [-0.4, -0.2) is 43.4 Å². The highest BCUT2D eigenvalue weighted by Gasteiger charge is 2.23. The number of hydrogen-bond donors (Lipinski definition) is 0. The third kappa shape index (κ3) is 5.63. The number of thioether (sulfide) groups is 1. The van der Waals surface area contributed by atoms with E-state index in [-0.39, 0.29) is 18.3 Å². The van der Waals surface area contributed by atoms with E-state index >= 15 is 0 Å². The molecule has 2 aromatic rings. The fourth-order valence-corrected chi connectivity index (χ4v) is 4.12. The van der Waals surface area contributed by atoms with Crippen molar-refractivity contribution in [3.8, 4) is 11.5 Å². The topological polar surface area (TPSA) is 38.8 Å². The summed E-state index contributed by atoms with van der Waals surface area (Å²) >= 11 is 1.84. The second kappa shape index (κ2) is 9.65. The fraction of sp³-hybridized carbons (Fsp3) is 0.381. The lowest BCUT2D eigenvalue weighted by Crippen LogP contribution is -2.41. The zero-order valence-corrected chi connectivity index (χ0v) is 16.2. The Hall–Kier alpha value is -2.21. The first-order chi connectivity index (χ1) is 13.2. The number of methoxy groups -OCH3 is 1. The Bertz CT molecular complexity index is 745. The number of likely N-dealkylation sites (tertiary alicyclic amines) is 1. The summed E-state index contributed by atoms with van der Waals surface area (Å²) in [5.41, 5.74) is 0. The molecule has 0 atom stereocenters. The molecule has 4 nitrogen and oxygen atoms in total. The van der Waals surface area contributed by atoms with E-state index in [0.29, 0.717) is 5.92 Å². The zero-order valence-electron chi connectivity index (χ0n) is 15.4. The molecule has 1 aliphatic rings. The van der Waals surface area contributed by atoms with Crippen LogP contribution in [-0.2, 0) is 4.79 Å². The highest BCUT2D eigenvalue weighted by atomic mass is 32.2. The number of halogens is 1. The van der Waals surface area contributed by atoms with E-state index < -0.39 is 5.82 Å². The van der Waals surface area contributed by atoms with Crippen molar-refractivity contribution in [2.45, 2.75) is 17.7 Å². The Balaban J connectivity index is 1.39. The molecule has 1 amide bonds. The van der Waals surface area contributed by atoms with Crippen molar-refractivity contribution in [2.24, 2.45) is 5.92 Å². The number of rotatable bonds is 7. The van der Waals surface area contributed by atoms with Crippen molar-refractivity contribution in [1.82, 2.24) is 4.90 Å². The van der Waals surface area contributed by atoms with Crippen LogP contribution >= 0.6 is 11.8 Å². The molecule has 1 aliphatic heterocycles. The van der Waals surface area contributed by atoms with Crippen LogP contribution in [0.15, 0.2) is 53.4 Å². The van der Waals surface area contributed by atoms with Crippen LogP contribution in [0.25, 0.3) is 0 Å². The predicted molar refractivity (Wildman–Crippen MR) is 105 cm³/mol. The van der Waals surface area contributed by atoms with Gasteiger partial charge in [0.15, 0.2) is 18.2 Å². The largest absolute Gasteiger partial charge is 0.497 e. The standard InChI is InChI=1S/C21H24FNO3S/c1-25-17-6-8-18(9-7-17)27-15-16-10-12-23(13-11-16)21(24)14-26-20-5-3-2-4-19(20)22/h2-9,16H,10-15H2,1H3. The van der Waals surface area contributed by atoms with Gasteiger partial charge in [-0.2, -0.15) is 0 Å². The Kier molecular flexibility index (Phi) is 6.98. The number of piperidine rings is 1. The second-order valence-corrected chi connectivity index (χ2v) is 7.62. The molecule has 1 heterocycles. The SMILES string of the molecule is COc1ccc(SCC2CCN(C(=O)COc3ccccc3F)CC2)cc1. The Morgan fingerprint density at radius 3 is 2.52 bits per heavy atom. The summed E-state index contributed by atoms with van der Waals surface area (Å²) in [5, 5.41) is 0. The minimum absolute atomic E-state index is 0.0838. The molecule has 0 aromatic heterocycles. The first-order valence-electron chi connectivity index (χ1n) is 9.07. The number of hydrogen-bond acceptors (Lipinski definition) is 4. The summed E-state index contributed by atoms with van der Waals surface area (Å²) in [6.07, 6.45) is 1.96. The van der Waals surface area contributed by atoms with Gasteiger partial charge in [-0.1, -0.05) is 12.1 Å². The number of carbonyl (C=O) groups excluding carboxylic acids is 1. The number of carbonyl (C=O) groups is 1. The summed E-state index contributed by atoms with van der Waals surface area (Å²) in [4.78, 5) is 15.3. The molecule has 1 saturated heterocycles. The lowest BCUT2D eigenvalue weighted by molar-refractivity contribution is -0.134. The van der Waals surface area contributed by atoms with E-state index in [1.54, 1.807) is 19.2 Å². The third-order valence-electron chi connectivity index (χ3n) is 4.70. The van der Waals surface area contributed by atoms with Crippen LogP contribution in [0.3, 0.4) is 0 Å². The van der Waals surface area contributed by atoms with Crippen LogP contribution in [0.1, 0.15) is 12.8 Å². The Morgan fingerprint density at radius 2 is 1.85 bits per heavy atom. The third-order valence-corrected chi connectivity index (χ3v) is 5.94. The van der Waals surface area contributed by atoms with E-state index in [2.05, 4.69) is 12.1 Å². The average Bonchev–Trinajstić information content (AvgIpc) is 2.72. The minimum Gasteiger partial charge on any atom is -0.497 e. The fourth-order valence-electron chi connectivity index (χ4n) is 3.03. The summed E-state index contributed by atoms with van der Waals surface area (Å²) in [5.74, 6) is 2.09. The van der Waals surface area contributed by atoms with Gasteiger partial charge in [-0.05, 0) is 55.2 Å². The second-order valence-electron chi connectivity index (χ2n) is 6.53. The molecule has 3 rings (SSSR count). The molecule has 0 saturated carbocycles. The van der Waals surface area contributed by atoms with Gasteiger partial charge in [0, 0.05) is 23.7 Å². The van der Waals surface area contributed by atoms with E-state index in [9.17, 15) is 9.18 Å². The van der Waals surface area contributed by atoms with Crippen molar-refractivity contribution >= 4 is 17.7 Å². The van der Waals surface area contributed by atoms with Crippen LogP contribution in [0.4, 0.5) is 4.39 Å². The maximum atomic E-state index is 13.5. The van der Waals surface area contributed by atoms with Crippen LogP contribution in [0, 0.1) is 11.7 Å². The summed E-state index contributed by atoms with van der Waals surface area (Å²) in [7, 11) is 1.67. The Morgan fingerprint density at radius 1 is 1.15 bits per heavy atom. The lowest BCUT2D eigenvalue weighted by atomic mass is 9.99. The smallest absolute Gasteiger partial charge is 0.260 e. The Labute approximate surface area is 163 Å². The first-order valence-corrected chi connectivity index (χ1v) is 10.1. The van der Waals surface area contributed by atoms with E-state index in [1.807, 2.05) is 28.8 Å². The van der Waals surface area contributed by atoms with Gasteiger partial charge in [-0.15, -0.1) is 11.8 Å². The van der Waals surface area contributed by atoms with Gasteiger partial charge in [0.2, 0.25) is 0 Å². The highest BCUT2D eigenvalue weighted by molar-refractivity contribution is 7.99. The van der Waals surface area contributed by atoms with E-state index in [1.165, 1.54) is 17.0 Å². The molecular weight excluding hydrogens is 365 g/mol. The molecular formula is C21H24FNO3S. The molecule has 0 bridgehead atoms. The lowest BCUT2D eigenvalue weighted by Gasteiger charge is -2.31. The molecule has 0 aliphatic carbocycles. The molecule has 144 valence electrons. The summed E-state index contributed by atoms with van der Waals surface area (Å²) < 4.78 is 24.0. The van der Waals surface area contributed by atoms with Crippen LogP contribution in [0.2, 0.25) is 0 Å². The normalized spacial score (nSPS) is 14.8. The van der Waals surface area contributed by atoms with Crippen LogP contribution in [0.5, 0.6) is 11.5 Å². The molecule has 27 heavy (non-hydrogen) atoms. The van der Waals surface area contributed by atoms with Gasteiger partial charge in [-0.3, -0.25) is 4.79 Å². The molecule has 2 aromatic carbocycles. The number of nitrogens with zero attached hydrogens (tertiary/aromatic N) is 1. The predicted octanol–water partition coefficient (Wildman–Crippen LogP) is 4.24. The van der Waals surface area contributed by atoms with Crippen molar-refractivity contribution in [1.29, 1.82) is 0 Å². The van der Waals surface area contributed by atoms with Crippen molar-refractivity contribution in [3.63, 3.8) is 0 Å².